The summed E-state index contributed by atoms with van der Waals surface area (Å²) in [5, 5.41) is 0. The summed E-state index contributed by atoms with van der Waals surface area (Å²) in [5.41, 5.74) is 4.82. The number of hydrazine groups is 1. The first-order valence-corrected chi connectivity index (χ1v) is 8.48. The van der Waals surface area contributed by atoms with Crippen LogP contribution in [0.2, 0.25) is 0 Å². The summed E-state index contributed by atoms with van der Waals surface area (Å²) in [5.74, 6) is 5.97. The van der Waals surface area contributed by atoms with E-state index in [2.05, 4.69) is 35.8 Å². The summed E-state index contributed by atoms with van der Waals surface area (Å²) in [7, 11) is 0. The van der Waals surface area contributed by atoms with Gasteiger partial charge in [-0.3, -0.25) is 11.3 Å². The lowest BCUT2D eigenvalue weighted by atomic mass is 9.71. The van der Waals surface area contributed by atoms with Crippen LogP contribution in [0, 0.1) is 0 Å². The molecule has 3 heteroatoms. The molecule has 1 saturated carbocycles. The van der Waals surface area contributed by atoms with E-state index in [1.165, 1.54) is 44.1 Å². The molecule has 1 aromatic carbocycles. The summed E-state index contributed by atoms with van der Waals surface area (Å²) in [6.07, 6.45) is 10.2. The van der Waals surface area contributed by atoms with Gasteiger partial charge in [0.25, 0.3) is 0 Å². The zero-order chi connectivity index (χ0) is 14.5. The van der Waals surface area contributed by atoms with Crippen molar-refractivity contribution in [3.8, 4) is 0 Å². The van der Waals surface area contributed by atoms with Gasteiger partial charge in [-0.05, 0) is 44.1 Å². The molecule has 0 aromatic heterocycles. The third-order valence-corrected chi connectivity index (χ3v) is 5.51. The lowest BCUT2D eigenvalue weighted by Gasteiger charge is -2.38. The summed E-state index contributed by atoms with van der Waals surface area (Å²) >= 11 is 0. The first-order chi connectivity index (χ1) is 10.3. The zero-order valence-electron chi connectivity index (χ0n) is 12.9. The molecule has 1 aromatic rings. The molecule has 1 aliphatic heterocycles. The Kier molecular flexibility index (Phi) is 4.94. The van der Waals surface area contributed by atoms with Gasteiger partial charge in [-0.2, -0.15) is 0 Å². The van der Waals surface area contributed by atoms with Crippen LogP contribution in [-0.4, -0.2) is 18.8 Å². The predicted molar refractivity (Wildman–Crippen MR) is 85.9 cm³/mol. The molecule has 3 rings (SSSR count). The summed E-state index contributed by atoms with van der Waals surface area (Å²) in [6, 6.07) is 11.3. The smallest absolute Gasteiger partial charge is 0.0576 e. The van der Waals surface area contributed by atoms with Gasteiger partial charge in [0, 0.05) is 18.1 Å². The minimum absolute atomic E-state index is 0.217. The maximum atomic E-state index is 5.97. The minimum Gasteiger partial charge on any atom is -0.378 e. The highest BCUT2D eigenvalue weighted by molar-refractivity contribution is 5.29. The second-order valence-electron chi connectivity index (χ2n) is 6.66. The van der Waals surface area contributed by atoms with Gasteiger partial charge in [0.1, 0.15) is 0 Å². The second-order valence-corrected chi connectivity index (χ2v) is 6.66. The third kappa shape index (κ3) is 3.15. The van der Waals surface area contributed by atoms with E-state index in [-0.39, 0.29) is 5.41 Å². The Balaban J connectivity index is 1.74. The first kappa shape index (κ1) is 15.0. The number of nitrogens with two attached hydrogens (primary N) is 1. The van der Waals surface area contributed by atoms with Gasteiger partial charge in [0.05, 0.1) is 6.10 Å². The minimum atomic E-state index is 0.217. The molecule has 1 saturated heterocycles. The van der Waals surface area contributed by atoms with Crippen molar-refractivity contribution in [3.63, 3.8) is 0 Å². The van der Waals surface area contributed by atoms with E-state index >= 15 is 0 Å². The molecular weight excluding hydrogens is 260 g/mol. The highest BCUT2D eigenvalue weighted by atomic mass is 16.5. The molecule has 1 aliphatic carbocycles. The van der Waals surface area contributed by atoms with Crippen LogP contribution in [-0.2, 0) is 10.2 Å². The Morgan fingerprint density at radius 2 is 1.95 bits per heavy atom. The van der Waals surface area contributed by atoms with E-state index in [0.29, 0.717) is 12.1 Å². The fraction of sp³-hybridized carbons (Fsp3) is 0.667. The van der Waals surface area contributed by atoms with Gasteiger partial charge in [-0.25, -0.2) is 0 Å². The van der Waals surface area contributed by atoms with Crippen LogP contribution in [0.25, 0.3) is 0 Å². The number of benzene rings is 1. The van der Waals surface area contributed by atoms with Gasteiger partial charge in [0.15, 0.2) is 0 Å². The van der Waals surface area contributed by atoms with E-state index in [1.807, 2.05) is 0 Å². The van der Waals surface area contributed by atoms with E-state index in [4.69, 9.17) is 10.6 Å². The molecule has 116 valence electrons. The number of hydrogen-bond donors (Lipinski definition) is 2. The van der Waals surface area contributed by atoms with Crippen LogP contribution in [0.1, 0.15) is 56.9 Å². The Labute approximate surface area is 128 Å². The molecule has 0 radical (unpaired) electrons. The van der Waals surface area contributed by atoms with Gasteiger partial charge in [0.2, 0.25) is 0 Å². The molecule has 21 heavy (non-hydrogen) atoms. The molecule has 2 aliphatic rings. The van der Waals surface area contributed by atoms with Crippen molar-refractivity contribution in [1.29, 1.82) is 0 Å². The molecule has 1 heterocycles. The summed E-state index contributed by atoms with van der Waals surface area (Å²) in [6.45, 7) is 0.940. The van der Waals surface area contributed by atoms with E-state index in [1.54, 1.807) is 0 Å². The number of ether oxygens (including phenoxy) is 1. The van der Waals surface area contributed by atoms with Crippen molar-refractivity contribution in [2.75, 3.05) is 6.61 Å². The topological polar surface area (TPSA) is 47.3 Å². The maximum Gasteiger partial charge on any atom is 0.0576 e. The van der Waals surface area contributed by atoms with E-state index in [0.717, 1.165) is 19.4 Å². The van der Waals surface area contributed by atoms with Gasteiger partial charge in [-0.15, -0.1) is 0 Å². The third-order valence-electron chi connectivity index (χ3n) is 5.51. The molecule has 0 spiro atoms. The van der Waals surface area contributed by atoms with Crippen LogP contribution in [0.5, 0.6) is 0 Å². The Morgan fingerprint density at radius 1 is 1.19 bits per heavy atom. The normalized spacial score (nSPS) is 26.0. The Hall–Kier alpha value is -0.900. The van der Waals surface area contributed by atoms with E-state index in [9.17, 15) is 0 Å². The fourth-order valence-electron chi connectivity index (χ4n) is 4.36. The van der Waals surface area contributed by atoms with Crippen molar-refractivity contribution in [2.24, 2.45) is 5.84 Å². The standard InChI is InChI=1S/C18H28N2O/c19-20-17(11-10-16-9-6-14-21-16)18(12-4-5-13-18)15-7-2-1-3-8-15/h1-3,7-8,16-17,20H,4-6,9-14,19H2. The molecule has 2 fully saturated rings. The van der Waals surface area contributed by atoms with Crippen molar-refractivity contribution in [1.82, 2.24) is 5.43 Å². The van der Waals surface area contributed by atoms with Crippen molar-refractivity contribution in [2.45, 2.75) is 68.9 Å². The van der Waals surface area contributed by atoms with Crippen LogP contribution >= 0.6 is 0 Å². The van der Waals surface area contributed by atoms with E-state index < -0.39 is 0 Å². The molecule has 2 atom stereocenters. The van der Waals surface area contributed by atoms with Gasteiger partial charge < -0.3 is 4.74 Å². The zero-order valence-corrected chi connectivity index (χ0v) is 12.9. The highest BCUT2D eigenvalue weighted by Gasteiger charge is 2.42. The Bertz CT molecular complexity index is 422. The lowest BCUT2D eigenvalue weighted by molar-refractivity contribution is 0.0954. The number of rotatable bonds is 6. The number of nitrogens with one attached hydrogen (secondary N) is 1. The molecule has 2 unspecified atom stereocenters. The SMILES string of the molecule is NNC(CCC1CCCO1)C1(c2ccccc2)CCCC1. The monoisotopic (exact) mass is 288 g/mol. The van der Waals surface area contributed by atoms with Crippen molar-refractivity contribution < 1.29 is 4.74 Å². The van der Waals surface area contributed by atoms with Gasteiger partial charge >= 0.3 is 0 Å². The summed E-state index contributed by atoms with van der Waals surface area (Å²) < 4.78 is 5.78. The largest absolute Gasteiger partial charge is 0.378 e. The first-order valence-electron chi connectivity index (χ1n) is 8.48. The molecule has 3 nitrogen and oxygen atoms in total. The van der Waals surface area contributed by atoms with Gasteiger partial charge in [-0.1, -0.05) is 43.2 Å². The average molecular weight is 288 g/mol. The molecular formula is C18H28N2O. The van der Waals surface area contributed by atoms with Crippen molar-refractivity contribution in [3.05, 3.63) is 35.9 Å². The lowest BCUT2D eigenvalue weighted by Crippen LogP contribution is -2.50. The average Bonchev–Trinajstić information content (AvgIpc) is 3.21. The number of hydrogen-bond acceptors (Lipinski definition) is 3. The Morgan fingerprint density at radius 3 is 2.57 bits per heavy atom. The summed E-state index contributed by atoms with van der Waals surface area (Å²) in [4.78, 5) is 0. The maximum absolute atomic E-state index is 5.97. The van der Waals surface area contributed by atoms with Crippen LogP contribution in [0.4, 0.5) is 0 Å². The highest BCUT2D eigenvalue weighted by Crippen LogP contribution is 2.45. The second kappa shape index (κ2) is 6.91. The molecule has 0 bridgehead atoms. The van der Waals surface area contributed by atoms with Crippen LogP contribution in [0.3, 0.4) is 0 Å². The van der Waals surface area contributed by atoms with Crippen molar-refractivity contribution >= 4 is 0 Å². The molecule has 0 amide bonds. The van der Waals surface area contributed by atoms with Crippen LogP contribution < -0.4 is 11.3 Å². The van der Waals surface area contributed by atoms with Crippen LogP contribution in [0.15, 0.2) is 30.3 Å². The quantitative estimate of drug-likeness (QED) is 0.624. The predicted octanol–water partition coefficient (Wildman–Crippen LogP) is 3.29. The fourth-order valence-corrected chi connectivity index (χ4v) is 4.36. The molecule has 3 N–H and O–H groups in total.